The molecule has 4 nitrogen and oxygen atoms in total. The molecule has 0 saturated carbocycles. The highest BCUT2D eigenvalue weighted by molar-refractivity contribution is 9.10. The van der Waals surface area contributed by atoms with Gasteiger partial charge in [0.1, 0.15) is 5.56 Å². The van der Waals surface area contributed by atoms with E-state index in [1.807, 2.05) is 0 Å². The fraction of sp³-hybridized carbons (Fsp3) is 0.333. The molecule has 21 heavy (non-hydrogen) atoms. The van der Waals surface area contributed by atoms with Crippen molar-refractivity contribution in [2.75, 3.05) is 11.9 Å². The van der Waals surface area contributed by atoms with Crippen LogP contribution in [0.1, 0.15) is 22.8 Å². The Morgan fingerprint density at radius 1 is 1.52 bits per heavy atom. The summed E-state index contributed by atoms with van der Waals surface area (Å²) in [6.07, 6.45) is -4.67. The van der Waals surface area contributed by atoms with Gasteiger partial charge in [-0.15, -0.1) is 13.2 Å². The minimum atomic E-state index is -4.94. The molecule has 0 saturated heterocycles. The molecule has 9 heteroatoms. The van der Waals surface area contributed by atoms with E-state index in [1.54, 1.807) is 6.92 Å². The van der Waals surface area contributed by atoms with Crippen LogP contribution in [-0.2, 0) is 11.2 Å². The molecule has 0 radical (unpaired) electrons. The van der Waals surface area contributed by atoms with Gasteiger partial charge in [-0.1, -0.05) is 28.1 Å². The van der Waals surface area contributed by atoms with Gasteiger partial charge in [0.15, 0.2) is 5.75 Å². The first kappa shape index (κ1) is 16.0. The Bertz CT molecular complexity index is 619. The molecule has 0 aromatic heterocycles. The topological polar surface area (TPSA) is 47.6 Å². The predicted molar refractivity (Wildman–Crippen MR) is 76.7 cm³/mol. The number of esters is 1. The second-order valence-electron chi connectivity index (χ2n) is 4.08. The van der Waals surface area contributed by atoms with Crippen LogP contribution in [-0.4, -0.2) is 23.9 Å². The number of alkyl halides is 3. The third kappa shape index (κ3) is 3.46. The van der Waals surface area contributed by atoms with Gasteiger partial charge in [0, 0.05) is 16.5 Å². The molecular weight excluding hydrogens is 375 g/mol. The summed E-state index contributed by atoms with van der Waals surface area (Å²) < 4.78 is 47.0. The molecule has 1 heterocycles. The van der Waals surface area contributed by atoms with E-state index in [4.69, 9.17) is 17.0 Å². The molecule has 1 aromatic rings. The van der Waals surface area contributed by atoms with E-state index >= 15 is 0 Å². The van der Waals surface area contributed by atoms with Gasteiger partial charge < -0.3 is 14.8 Å². The summed E-state index contributed by atoms with van der Waals surface area (Å²) >= 11 is 8.17. The number of anilines is 1. The summed E-state index contributed by atoms with van der Waals surface area (Å²) in [4.78, 5) is 12.2. The number of hydrogen-bond acceptors (Lipinski definition) is 4. The highest BCUT2D eigenvalue weighted by Crippen LogP contribution is 2.43. The minimum absolute atomic E-state index is 0.0326. The van der Waals surface area contributed by atoms with Gasteiger partial charge >= 0.3 is 12.3 Å². The molecular formula is C12H9BrF3NO3S. The zero-order valence-electron chi connectivity index (χ0n) is 10.6. The quantitative estimate of drug-likeness (QED) is 0.634. The van der Waals surface area contributed by atoms with Crippen molar-refractivity contribution >= 4 is 44.8 Å². The van der Waals surface area contributed by atoms with Gasteiger partial charge in [0.2, 0.25) is 0 Å². The molecule has 1 aromatic carbocycles. The first-order valence-corrected chi connectivity index (χ1v) is 7.01. The monoisotopic (exact) mass is 383 g/mol. The smallest absolute Gasteiger partial charge is 0.462 e. The Labute approximate surface area is 131 Å². The van der Waals surface area contributed by atoms with Crippen molar-refractivity contribution in [3.63, 3.8) is 0 Å². The molecule has 1 N–H and O–H groups in total. The maximum absolute atomic E-state index is 12.6. The van der Waals surface area contributed by atoms with Gasteiger partial charge in [-0.05, 0) is 13.0 Å². The second-order valence-corrected chi connectivity index (χ2v) is 5.43. The number of ether oxygens (including phenoxy) is 2. The first-order chi connectivity index (χ1) is 9.73. The van der Waals surface area contributed by atoms with Crippen molar-refractivity contribution in [3.05, 3.63) is 21.7 Å². The fourth-order valence-electron chi connectivity index (χ4n) is 1.90. The Morgan fingerprint density at radius 3 is 2.76 bits per heavy atom. The first-order valence-electron chi connectivity index (χ1n) is 5.81. The van der Waals surface area contributed by atoms with Crippen LogP contribution in [0.5, 0.6) is 5.75 Å². The van der Waals surface area contributed by atoms with Crippen LogP contribution in [0.4, 0.5) is 18.9 Å². The molecule has 0 aliphatic carbocycles. The molecule has 0 spiro atoms. The summed E-state index contributed by atoms with van der Waals surface area (Å²) in [7, 11) is 0. The zero-order chi connectivity index (χ0) is 15.8. The van der Waals surface area contributed by atoms with E-state index in [0.717, 1.165) is 0 Å². The van der Waals surface area contributed by atoms with Crippen molar-refractivity contribution in [2.24, 2.45) is 0 Å². The van der Waals surface area contributed by atoms with Gasteiger partial charge in [-0.25, -0.2) is 4.79 Å². The number of carbonyl (C=O) groups excluding carboxylic acids is 1. The summed E-state index contributed by atoms with van der Waals surface area (Å²) in [5.74, 6) is -1.53. The number of nitrogens with one attached hydrogen (secondary N) is 1. The average molecular weight is 384 g/mol. The summed E-state index contributed by atoms with van der Waals surface area (Å²) in [5.41, 5.74) is 0.221. The number of fused-ring (bicyclic) bond motifs is 1. The number of thiocarbonyl (C=S) groups is 1. The second kappa shape index (κ2) is 5.80. The fourth-order valence-corrected chi connectivity index (χ4v) is 2.72. The predicted octanol–water partition coefficient (Wildman–Crippen LogP) is 3.82. The van der Waals surface area contributed by atoms with Crippen molar-refractivity contribution in [1.29, 1.82) is 0 Å². The molecule has 0 atom stereocenters. The molecule has 0 unspecified atom stereocenters. The standard InChI is InChI=1S/C12H9BrF3NO3S/c1-2-19-11(18)6-3-7(13)5-4-8(21)17-9(5)10(6)20-12(14,15)16/h3H,2,4H2,1H3,(H,17,21). The van der Waals surface area contributed by atoms with Gasteiger partial charge in [0.05, 0.1) is 17.3 Å². The zero-order valence-corrected chi connectivity index (χ0v) is 13.0. The summed E-state index contributed by atoms with van der Waals surface area (Å²) in [6.45, 7) is 1.59. The maximum Gasteiger partial charge on any atom is 0.573 e. The molecule has 0 amide bonds. The summed E-state index contributed by atoms with van der Waals surface area (Å²) in [5, 5.41) is 2.64. The van der Waals surface area contributed by atoms with E-state index in [9.17, 15) is 18.0 Å². The third-order valence-corrected chi connectivity index (χ3v) is 3.60. The average Bonchev–Trinajstić information content (AvgIpc) is 2.74. The molecule has 1 aliphatic rings. The van der Waals surface area contributed by atoms with Gasteiger partial charge in [-0.3, -0.25) is 0 Å². The van der Waals surface area contributed by atoms with Crippen LogP contribution in [0.25, 0.3) is 0 Å². The number of carbonyl (C=O) groups is 1. The number of benzene rings is 1. The van der Waals surface area contributed by atoms with Crippen LogP contribution in [0, 0.1) is 0 Å². The Kier molecular flexibility index (Phi) is 4.43. The lowest BCUT2D eigenvalue weighted by Crippen LogP contribution is -2.21. The highest BCUT2D eigenvalue weighted by atomic mass is 79.9. The van der Waals surface area contributed by atoms with E-state index in [1.165, 1.54) is 6.07 Å². The van der Waals surface area contributed by atoms with Crippen LogP contribution >= 0.6 is 28.1 Å². The Balaban J connectivity index is 2.59. The van der Waals surface area contributed by atoms with E-state index in [0.29, 0.717) is 15.0 Å². The van der Waals surface area contributed by atoms with Crippen molar-refractivity contribution < 1.29 is 27.4 Å². The number of hydrogen-bond donors (Lipinski definition) is 1. The van der Waals surface area contributed by atoms with Crippen molar-refractivity contribution in [1.82, 2.24) is 0 Å². The van der Waals surface area contributed by atoms with Crippen LogP contribution in [0.3, 0.4) is 0 Å². The SMILES string of the molecule is CCOC(=O)c1cc(Br)c2c(c1OC(F)(F)F)NC(=S)C2. The van der Waals surface area contributed by atoms with Crippen molar-refractivity contribution in [3.8, 4) is 5.75 Å². The number of halogens is 4. The largest absolute Gasteiger partial charge is 0.573 e. The summed E-state index contributed by atoms with van der Waals surface area (Å²) in [6, 6.07) is 1.24. The van der Waals surface area contributed by atoms with Crippen LogP contribution in [0.2, 0.25) is 0 Å². The third-order valence-electron chi connectivity index (χ3n) is 2.65. The number of rotatable bonds is 3. The molecule has 0 bridgehead atoms. The lowest BCUT2D eigenvalue weighted by Gasteiger charge is -2.17. The minimum Gasteiger partial charge on any atom is -0.462 e. The highest BCUT2D eigenvalue weighted by Gasteiger charge is 2.37. The lowest BCUT2D eigenvalue weighted by atomic mass is 10.1. The van der Waals surface area contributed by atoms with Crippen LogP contribution in [0.15, 0.2) is 10.5 Å². The Morgan fingerprint density at radius 2 is 2.19 bits per heavy atom. The lowest BCUT2D eigenvalue weighted by molar-refractivity contribution is -0.274. The van der Waals surface area contributed by atoms with Gasteiger partial charge in [0.25, 0.3) is 0 Å². The molecule has 2 rings (SSSR count). The van der Waals surface area contributed by atoms with E-state index < -0.39 is 18.1 Å². The Hall–Kier alpha value is -1.35. The van der Waals surface area contributed by atoms with Crippen molar-refractivity contribution in [2.45, 2.75) is 19.7 Å². The molecule has 0 fully saturated rings. The van der Waals surface area contributed by atoms with E-state index in [2.05, 4.69) is 26.0 Å². The molecule has 114 valence electrons. The maximum atomic E-state index is 12.6. The normalized spacial score (nSPS) is 13.7. The van der Waals surface area contributed by atoms with Gasteiger partial charge in [-0.2, -0.15) is 0 Å². The molecule has 1 aliphatic heterocycles. The van der Waals surface area contributed by atoms with E-state index in [-0.39, 0.29) is 24.3 Å². The van der Waals surface area contributed by atoms with Crippen LogP contribution < -0.4 is 10.1 Å².